The Morgan fingerprint density at radius 3 is 1.51 bits per heavy atom. The van der Waals surface area contributed by atoms with E-state index in [0.29, 0.717) is 18.4 Å². The number of benzene rings is 2. The molecule has 2 rings (SSSR count). The normalized spacial score (nSPS) is 13.9. The summed E-state index contributed by atoms with van der Waals surface area (Å²) in [6.45, 7) is 2.09. The zero-order valence-electron chi connectivity index (χ0n) is 46.1. The van der Waals surface area contributed by atoms with Crippen LogP contribution in [0.4, 0.5) is 0 Å². The maximum atomic E-state index is 13.8. The van der Waals surface area contributed by atoms with Gasteiger partial charge in [-0.1, -0.05) is 60.7 Å². The summed E-state index contributed by atoms with van der Waals surface area (Å²) in [4.78, 5) is 156. The number of guanidine groups is 1. The van der Waals surface area contributed by atoms with Crippen LogP contribution in [-0.2, 0) is 70.4 Å². The number of unbranched alkanes of at least 4 members (excludes halogenated alkanes) is 1. The summed E-state index contributed by atoms with van der Waals surface area (Å²) in [5, 5.41) is 60.6. The Balaban J connectivity index is 0.00000811. The Labute approximate surface area is 473 Å². The number of aliphatic hydroxyl groups excluding tert-OH is 2. The van der Waals surface area contributed by atoms with Crippen molar-refractivity contribution in [2.24, 2.45) is 27.9 Å². The van der Waals surface area contributed by atoms with Crippen molar-refractivity contribution in [1.29, 1.82) is 0 Å². The van der Waals surface area contributed by atoms with E-state index in [-0.39, 0.29) is 51.2 Å². The molecule has 0 aromatic heterocycles. The van der Waals surface area contributed by atoms with Gasteiger partial charge < -0.3 is 96.5 Å². The van der Waals surface area contributed by atoms with Gasteiger partial charge in [0.2, 0.25) is 59.1 Å². The zero-order valence-corrected chi connectivity index (χ0v) is 46.1. The Bertz CT molecular complexity index is 2460. The van der Waals surface area contributed by atoms with Crippen molar-refractivity contribution < 1.29 is 78.0 Å². The third kappa shape index (κ3) is 30.0. The fraction of sp³-hybridized carbons (Fsp3) is 0.510. The summed E-state index contributed by atoms with van der Waals surface area (Å²) in [7, 11) is 0. The Hall–Kier alpha value is -8.81. The van der Waals surface area contributed by atoms with Gasteiger partial charge in [0, 0.05) is 19.9 Å². The molecule has 0 aliphatic rings. The highest BCUT2D eigenvalue weighted by Crippen LogP contribution is 2.08. The van der Waals surface area contributed by atoms with Crippen molar-refractivity contribution in [2.45, 2.75) is 127 Å². The number of nitrogens with zero attached hydrogens (tertiary/aromatic N) is 1. The van der Waals surface area contributed by atoms with Crippen molar-refractivity contribution >= 4 is 77.0 Å². The predicted molar refractivity (Wildman–Crippen MR) is 295 cm³/mol. The topological polar surface area (TPSA) is 522 Å². The fourth-order valence-corrected chi connectivity index (χ4v) is 7.04. The zero-order chi connectivity index (χ0) is 61.9. The molecule has 0 saturated heterocycles. The maximum Gasteiger partial charge on any atom is 0.325 e. The van der Waals surface area contributed by atoms with Gasteiger partial charge in [-0.2, -0.15) is 0 Å². The largest absolute Gasteiger partial charge is 0.481 e. The SMILES string of the molecule is CC(=O)O.C[C@H](NC(=O)[C@H](CO)NC(=O)[C@H](CCCCN)NC(=O)[C@H](CCCN=C(N)N)NC(=O)[C@H](C)NC(=O)CNC(=O)[C@@H](NC(=O)[C@H](Cc1ccccc1)NC(=O)CNC(=O)CNC(=O)[C@@H](N)Cc1ccccc1)[C@@H](C)O)C(=O)O. The molecule has 0 spiro atoms. The number of carbonyl (C=O) groups excluding carboxylic acids is 10. The van der Waals surface area contributed by atoms with Gasteiger partial charge in [0.1, 0.15) is 42.3 Å². The first kappa shape index (κ1) is 71.2. The van der Waals surface area contributed by atoms with Crippen LogP contribution in [0.15, 0.2) is 65.7 Å². The first-order chi connectivity index (χ1) is 38.7. The van der Waals surface area contributed by atoms with E-state index in [0.717, 1.165) is 12.5 Å². The Morgan fingerprint density at radius 1 is 0.524 bits per heavy atom. The molecule has 82 heavy (non-hydrogen) atoms. The highest BCUT2D eigenvalue weighted by molar-refractivity contribution is 5.98. The number of nitrogens with two attached hydrogens (primary N) is 4. The van der Waals surface area contributed by atoms with Crippen LogP contribution in [0.1, 0.15) is 70.9 Å². The van der Waals surface area contributed by atoms with Crippen LogP contribution in [0.5, 0.6) is 0 Å². The molecule has 31 heteroatoms. The molecule has 0 radical (unpaired) electrons. The van der Waals surface area contributed by atoms with Crippen LogP contribution in [0.3, 0.4) is 0 Å². The van der Waals surface area contributed by atoms with Crippen LogP contribution in [0.2, 0.25) is 0 Å². The Kier molecular flexibility index (Phi) is 33.6. The number of aliphatic imine (C=N–C) groups is 1. The molecule has 0 unspecified atom stereocenters. The number of rotatable bonds is 35. The minimum atomic E-state index is -1.69. The first-order valence-corrected chi connectivity index (χ1v) is 25.9. The van der Waals surface area contributed by atoms with Crippen molar-refractivity contribution in [3.63, 3.8) is 0 Å². The highest BCUT2D eigenvalue weighted by atomic mass is 16.4. The van der Waals surface area contributed by atoms with E-state index >= 15 is 0 Å². The standard InChI is InChI=1S/C49H75N15O14.C2H4O2/c1-27(41(70)61-34(18-12-20-54-49(52)53)43(72)62-33(17-10-11-19-50)44(73)63-36(26-65)46(75)59-28(2)48(77)78)58-38(68)25-57-47(76)40(29(3)66)64-45(74)35(22-31-15-8-5-9-16-31)60-39(69)24-55-37(67)23-56-42(71)32(51)21-30-13-6-4-7-14-30;1-2(3)4/h4-9,13-16,27-29,32-36,40,65-66H,10-12,17-26,50-51H2,1-3H3,(H,55,67)(H,56,71)(H,57,76)(H,58,68)(H,59,75)(H,60,69)(H,61,70)(H,62,72)(H,63,73)(H,64,74)(H,77,78)(H4,52,53,54);1H3,(H,3,4)/t27-,28-,29+,32-,33-,34-,35-,36-,40-;/m0./s1. The van der Waals surface area contributed by atoms with Gasteiger partial charge in [0.05, 0.1) is 38.4 Å². The lowest BCUT2D eigenvalue weighted by Crippen LogP contribution is -2.59. The molecule has 9 atom stereocenters. The van der Waals surface area contributed by atoms with Gasteiger partial charge in [-0.25, -0.2) is 0 Å². The molecule has 2 aromatic rings. The van der Waals surface area contributed by atoms with Gasteiger partial charge in [-0.15, -0.1) is 0 Å². The van der Waals surface area contributed by atoms with E-state index in [9.17, 15) is 63.0 Å². The molecule has 454 valence electrons. The van der Waals surface area contributed by atoms with Gasteiger partial charge in [0.25, 0.3) is 5.97 Å². The summed E-state index contributed by atoms with van der Waals surface area (Å²) in [6.07, 6.45) is -0.728. The van der Waals surface area contributed by atoms with Crippen LogP contribution >= 0.6 is 0 Å². The second-order valence-electron chi connectivity index (χ2n) is 18.5. The van der Waals surface area contributed by atoms with Gasteiger partial charge >= 0.3 is 5.97 Å². The number of carboxylic acids is 2. The van der Waals surface area contributed by atoms with Crippen LogP contribution in [0.25, 0.3) is 0 Å². The van der Waals surface area contributed by atoms with Crippen molar-refractivity contribution in [3.05, 3.63) is 71.8 Å². The molecule has 0 fully saturated rings. The second kappa shape index (κ2) is 38.7. The molecule has 0 bridgehead atoms. The van der Waals surface area contributed by atoms with Crippen molar-refractivity contribution in [2.75, 3.05) is 39.3 Å². The molecule has 0 saturated carbocycles. The lowest BCUT2D eigenvalue weighted by Gasteiger charge is -2.26. The summed E-state index contributed by atoms with van der Waals surface area (Å²) in [5.74, 6) is -11.3. The van der Waals surface area contributed by atoms with E-state index in [4.69, 9.17) is 37.9 Å². The lowest BCUT2D eigenvalue weighted by molar-refractivity contribution is -0.142. The average molecular weight is 1160 g/mol. The third-order valence-corrected chi connectivity index (χ3v) is 11.4. The molecule has 31 nitrogen and oxygen atoms in total. The van der Waals surface area contributed by atoms with Crippen molar-refractivity contribution in [3.8, 4) is 0 Å². The smallest absolute Gasteiger partial charge is 0.325 e. The first-order valence-electron chi connectivity index (χ1n) is 25.9. The minimum Gasteiger partial charge on any atom is -0.481 e. The Morgan fingerprint density at radius 2 is 0.988 bits per heavy atom. The number of nitrogens with one attached hydrogen (secondary N) is 10. The molecule has 10 amide bonds. The summed E-state index contributed by atoms with van der Waals surface area (Å²) < 4.78 is 0. The molecule has 0 aliphatic heterocycles. The predicted octanol–water partition coefficient (Wildman–Crippen LogP) is -6.69. The second-order valence-corrected chi connectivity index (χ2v) is 18.5. The third-order valence-electron chi connectivity index (χ3n) is 11.4. The number of hydrogen-bond acceptors (Lipinski definition) is 17. The number of aliphatic carboxylic acids is 2. The quantitative estimate of drug-likeness (QED) is 0.0173. The molecular formula is C51H79N15O16. The van der Waals surface area contributed by atoms with E-state index in [1.165, 1.54) is 20.8 Å². The van der Waals surface area contributed by atoms with Gasteiger partial charge in [-0.3, -0.25) is 62.5 Å². The molecule has 0 aliphatic carbocycles. The molecule has 0 heterocycles. The monoisotopic (exact) mass is 1160 g/mol. The minimum absolute atomic E-state index is 0.0164. The number of hydrogen-bond donors (Lipinski definition) is 18. The van der Waals surface area contributed by atoms with E-state index in [1.54, 1.807) is 54.6 Å². The van der Waals surface area contributed by atoms with Crippen LogP contribution in [0, 0.1) is 0 Å². The van der Waals surface area contributed by atoms with Crippen LogP contribution < -0.4 is 76.1 Å². The van der Waals surface area contributed by atoms with Gasteiger partial charge in [-0.05, 0) is 77.0 Å². The van der Waals surface area contributed by atoms with Crippen molar-refractivity contribution in [1.82, 2.24) is 53.2 Å². The maximum absolute atomic E-state index is 13.8. The van der Waals surface area contributed by atoms with Gasteiger partial charge in [0.15, 0.2) is 5.96 Å². The number of carboxylic acid groups (broad SMARTS) is 2. The fourth-order valence-electron chi connectivity index (χ4n) is 7.04. The summed E-state index contributed by atoms with van der Waals surface area (Å²) in [6, 6.07) is 6.33. The molecular weight excluding hydrogens is 1080 g/mol. The number of carbonyl (C=O) groups is 12. The number of amides is 10. The number of aliphatic hydroxyl groups is 2. The summed E-state index contributed by atoms with van der Waals surface area (Å²) in [5.41, 5.74) is 23.8. The molecule has 2 aromatic carbocycles. The van der Waals surface area contributed by atoms with E-state index < -0.39 is 152 Å². The molecule has 22 N–H and O–H groups in total. The van der Waals surface area contributed by atoms with Crippen LogP contribution in [-0.4, -0.2) is 191 Å². The summed E-state index contributed by atoms with van der Waals surface area (Å²) >= 11 is 0. The average Bonchev–Trinajstić information content (AvgIpc) is 3.48. The van der Waals surface area contributed by atoms with E-state index in [1.807, 2.05) is 6.07 Å². The lowest BCUT2D eigenvalue weighted by atomic mass is 10.0. The van der Waals surface area contributed by atoms with E-state index in [2.05, 4.69) is 58.2 Å². The highest BCUT2D eigenvalue weighted by Gasteiger charge is 2.33.